The van der Waals surface area contributed by atoms with Crippen molar-refractivity contribution in [1.82, 2.24) is 0 Å². The lowest BCUT2D eigenvalue weighted by molar-refractivity contribution is 0.443. The van der Waals surface area contributed by atoms with E-state index in [0.29, 0.717) is 11.1 Å². The van der Waals surface area contributed by atoms with Crippen LogP contribution in [-0.4, -0.2) is 25.3 Å². The van der Waals surface area contributed by atoms with Crippen LogP contribution in [0.5, 0.6) is 11.5 Å². The quantitative estimate of drug-likeness (QED) is 0.325. The number of fused-ring (bicyclic) bond motifs is 4. The van der Waals surface area contributed by atoms with Gasteiger partial charge in [-0.1, -0.05) is 36.4 Å². The summed E-state index contributed by atoms with van der Waals surface area (Å²) in [5, 5.41) is 0. The molecule has 4 aromatic carbocycles. The van der Waals surface area contributed by atoms with Crippen molar-refractivity contribution in [3.63, 3.8) is 0 Å². The molecule has 0 fully saturated rings. The smallest absolute Gasteiger partial charge is 0.213 e. The molecule has 2 aliphatic rings. The van der Waals surface area contributed by atoms with Gasteiger partial charge in [0.1, 0.15) is 21.3 Å². The van der Waals surface area contributed by atoms with Crippen molar-refractivity contribution in [2.45, 2.75) is 29.4 Å². The zero-order valence-corrected chi connectivity index (χ0v) is 19.6. The maximum atomic E-state index is 13.3. The van der Waals surface area contributed by atoms with Gasteiger partial charge in [0, 0.05) is 0 Å². The first-order chi connectivity index (χ1) is 16.1. The van der Waals surface area contributed by atoms with Crippen molar-refractivity contribution >= 4 is 29.5 Å². The molecule has 6 rings (SSSR count). The van der Waals surface area contributed by atoms with Gasteiger partial charge >= 0.3 is 0 Å². The third-order valence-electron chi connectivity index (χ3n) is 5.88. The number of para-hydroxylation sites is 1. The molecule has 0 aliphatic carbocycles. The zero-order chi connectivity index (χ0) is 23.9. The molecular formula is C24H14O7S3. The van der Waals surface area contributed by atoms with E-state index in [1.807, 2.05) is 0 Å². The maximum Gasteiger partial charge on any atom is 0.213 e. The van der Waals surface area contributed by atoms with E-state index in [2.05, 4.69) is 0 Å². The fourth-order valence-corrected chi connectivity index (χ4v) is 9.87. The predicted octanol–water partition coefficient (Wildman–Crippen LogP) is 4.27. The van der Waals surface area contributed by atoms with Crippen molar-refractivity contribution in [2.24, 2.45) is 0 Å². The summed E-state index contributed by atoms with van der Waals surface area (Å²) in [5.41, 5.74) is 0.877. The van der Waals surface area contributed by atoms with Gasteiger partial charge < -0.3 is 4.74 Å². The number of hydrogen-bond acceptors (Lipinski definition) is 7. The minimum absolute atomic E-state index is 0.00274. The second-order valence-corrected chi connectivity index (χ2v) is 13.5. The van der Waals surface area contributed by atoms with E-state index in [9.17, 15) is 25.3 Å². The lowest BCUT2D eigenvalue weighted by atomic mass is 10.1. The Kier molecular flexibility index (Phi) is 4.21. The van der Waals surface area contributed by atoms with Gasteiger partial charge in [-0.3, -0.25) is 0 Å². The topological polar surface area (TPSA) is 112 Å². The first kappa shape index (κ1) is 21.1. The van der Waals surface area contributed by atoms with Crippen molar-refractivity contribution < 1.29 is 30.0 Å². The molecule has 0 spiro atoms. The molecule has 0 radical (unpaired) electrons. The summed E-state index contributed by atoms with van der Waals surface area (Å²) in [6.45, 7) is 0. The van der Waals surface area contributed by atoms with Crippen LogP contribution in [0.15, 0.2) is 114 Å². The van der Waals surface area contributed by atoms with E-state index in [1.54, 1.807) is 18.2 Å². The van der Waals surface area contributed by atoms with Gasteiger partial charge in [-0.25, -0.2) is 25.3 Å². The highest BCUT2D eigenvalue weighted by Crippen LogP contribution is 2.45. The Balaban J connectivity index is 1.53. The Morgan fingerprint density at radius 2 is 0.853 bits per heavy atom. The summed E-state index contributed by atoms with van der Waals surface area (Å²) in [7, 11) is -11.9. The minimum atomic E-state index is -4.09. The summed E-state index contributed by atoms with van der Waals surface area (Å²) in [4.78, 5) is -1.06. The summed E-state index contributed by atoms with van der Waals surface area (Å²) < 4.78 is 84.4. The van der Waals surface area contributed by atoms with E-state index >= 15 is 0 Å². The molecule has 0 atom stereocenters. The number of rotatable bonds is 1. The van der Waals surface area contributed by atoms with Crippen LogP contribution in [0.3, 0.4) is 0 Å². The van der Waals surface area contributed by atoms with Gasteiger partial charge in [-0.15, -0.1) is 0 Å². The first-order valence-corrected chi connectivity index (χ1v) is 14.5. The Morgan fingerprint density at radius 3 is 1.53 bits per heavy atom. The fraction of sp³-hybridized carbons (Fsp3) is 0. The highest BCUT2D eigenvalue weighted by Gasteiger charge is 2.39. The molecule has 2 heterocycles. The summed E-state index contributed by atoms with van der Waals surface area (Å²) in [6, 6.07) is 20.3. The minimum Gasteiger partial charge on any atom is -0.455 e. The SMILES string of the molecule is O=S1(=O)c2ccccc2Oc2cc(-c3ccc4c(c3)S(=O)(=O)c3ccccc3S4(=O)=O)ccc21. The Labute approximate surface area is 196 Å². The number of benzene rings is 4. The van der Waals surface area contributed by atoms with Gasteiger partial charge in [0.15, 0.2) is 0 Å². The maximum absolute atomic E-state index is 13.3. The van der Waals surface area contributed by atoms with Crippen LogP contribution in [0.25, 0.3) is 11.1 Å². The molecule has 0 saturated carbocycles. The lowest BCUT2D eigenvalue weighted by Crippen LogP contribution is -2.19. The van der Waals surface area contributed by atoms with E-state index in [4.69, 9.17) is 4.74 Å². The highest BCUT2D eigenvalue weighted by atomic mass is 32.2. The van der Waals surface area contributed by atoms with E-state index < -0.39 is 29.5 Å². The van der Waals surface area contributed by atoms with Gasteiger partial charge in [0.05, 0.1) is 19.6 Å². The largest absolute Gasteiger partial charge is 0.455 e. The molecule has 0 aromatic heterocycles. The second kappa shape index (κ2) is 6.78. The number of sulfone groups is 3. The number of hydrogen-bond donors (Lipinski definition) is 0. The van der Waals surface area contributed by atoms with Crippen LogP contribution in [0, 0.1) is 0 Å². The molecule has 34 heavy (non-hydrogen) atoms. The second-order valence-electron chi connectivity index (χ2n) is 7.83. The van der Waals surface area contributed by atoms with Crippen LogP contribution in [0.4, 0.5) is 0 Å². The van der Waals surface area contributed by atoms with Gasteiger partial charge in [-0.05, 0) is 59.7 Å². The molecule has 0 amide bonds. The van der Waals surface area contributed by atoms with Gasteiger partial charge in [0.25, 0.3) is 0 Å². The fourth-order valence-electron chi connectivity index (χ4n) is 4.23. The van der Waals surface area contributed by atoms with Crippen molar-refractivity contribution in [2.75, 3.05) is 0 Å². The molecule has 7 nitrogen and oxygen atoms in total. The molecule has 4 aromatic rings. The normalized spacial score (nSPS) is 17.9. The molecule has 0 N–H and O–H groups in total. The third-order valence-corrected chi connectivity index (χ3v) is 11.7. The van der Waals surface area contributed by atoms with Gasteiger partial charge in [0.2, 0.25) is 29.5 Å². The summed E-state index contributed by atoms with van der Waals surface area (Å²) >= 11 is 0. The number of ether oxygens (including phenoxy) is 1. The van der Waals surface area contributed by atoms with Crippen LogP contribution >= 0.6 is 0 Å². The lowest BCUT2D eigenvalue weighted by Gasteiger charge is -2.22. The Hall–Kier alpha value is -3.47. The molecular weight excluding hydrogens is 496 g/mol. The van der Waals surface area contributed by atoms with Crippen molar-refractivity contribution in [1.29, 1.82) is 0 Å². The average Bonchev–Trinajstić information content (AvgIpc) is 2.83. The van der Waals surface area contributed by atoms with Crippen molar-refractivity contribution in [3.8, 4) is 22.6 Å². The zero-order valence-electron chi connectivity index (χ0n) is 17.2. The van der Waals surface area contributed by atoms with Gasteiger partial charge in [-0.2, -0.15) is 0 Å². The van der Waals surface area contributed by atoms with E-state index in [-0.39, 0.29) is 40.9 Å². The summed E-state index contributed by atoms with van der Waals surface area (Å²) in [5.74, 6) is 0.303. The molecule has 0 bridgehead atoms. The molecule has 2 aliphatic heterocycles. The average molecular weight is 511 g/mol. The third kappa shape index (κ3) is 2.76. The van der Waals surface area contributed by atoms with Crippen LogP contribution < -0.4 is 4.74 Å². The molecule has 0 unspecified atom stereocenters. The standard InChI is InChI=1S/C24H14O7S3/c25-32(26)19-6-2-1-5-17(19)31-18-13-15(9-11-20(18)32)16-10-12-23-24(14-16)34(29,30)22-8-4-3-7-21(22)33(23,27)28/h1-14H. The van der Waals surface area contributed by atoms with Crippen LogP contribution in [-0.2, 0) is 29.5 Å². The summed E-state index contributed by atoms with van der Waals surface area (Å²) in [6.07, 6.45) is 0. The molecule has 0 saturated heterocycles. The molecule has 10 heteroatoms. The van der Waals surface area contributed by atoms with Crippen LogP contribution in [0.1, 0.15) is 0 Å². The van der Waals surface area contributed by atoms with Crippen molar-refractivity contribution in [3.05, 3.63) is 84.9 Å². The Morgan fingerprint density at radius 1 is 0.412 bits per heavy atom. The predicted molar refractivity (Wildman–Crippen MR) is 121 cm³/mol. The van der Waals surface area contributed by atoms with E-state index in [1.165, 1.54) is 66.7 Å². The molecule has 170 valence electrons. The first-order valence-electron chi connectivity index (χ1n) is 10.0. The Bertz CT molecular complexity index is 1870. The van der Waals surface area contributed by atoms with E-state index in [0.717, 1.165) is 0 Å². The monoisotopic (exact) mass is 510 g/mol. The highest BCUT2D eigenvalue weighted by molar-refractivity contribution is 7.97. The van der Waals surface area contributed by atoms with Crippen LogP contribution in [0.2, 0.25) is 0 Å².